The molecule has 0 heterocycles. The Morgan fingerprint density at radius 3 is 2.37 bits per heavy atom. The number of ether oxygens (including phenoxy) is 1. The summed E-state index contributed by atoms with van der Waals surface area (Å²) in [7, 11) is 3.85. The highest BCUT2D eigenvalue weighted by Crippen LogP contribution is 2.39. The number of benzene rings is 1. The second-order valence-corrected chi connectivity index (χ2v) is 6.18. The van der Waals surface area contributed by atoms with Crippen molar-refractivity contribution >= 4 is 5.69 Å². The molecule has 0 fully saturated rings. The van der Waals surface area contributed by atoms with E-state index in [0.717, 1.165) is 24.4 Å². The zero-order chi connectivity index (χ0) is 14.6. The molecule has 0 aliphatic carbocycles. The first kappa shape index (κ1) is 15.8. The van der Waals surface area contributed by atoms with Crippen molar-refractivity contribution in [3.8, 4) is 5.75 Å². The minimum atomic E-state index is 0.0703. The number of hydrogen-bond acceptors (Lipinski definition) is 3. The smallest absolute Gasteiger partial charge is 0.145 e. The minimum absolute atomic E-state index is 0.0703. The van der Waals surface area contributed by atoms with E-state index in [1.54, 1.807) is 7.11 Å². The van der Waals surface area contributed by atoms with E-state index in [1.165, 1.54) is 11.1 Å². The summed E-state index contributed by atoms with van der Waals surface area (Å²) < 4.78 is 5.69. The number of nitrogens with zero attached hydrogens (tertiary/aromatic N) is 1. The summed E-state index contributed by atoms with van der Waals surface area (Å²) in [6.07, 6.45) is 0.985. The molecule has 0 saturated carbocycles. The van der Waals surface area contributed by atoms with E-state index in [0.29, 0.717) is 6.54 Å². The van der Waals surface area contributed by atoms with Crippen LogP contribution in [0.25, 0.3) is 0 Å². The molecular formula is C16H28N2O. The first-order chi connectivity index (χ1) is 8.81. The monoisotopic (exact) mass is 264 g/mol. The standard InChI is InChI=1S/C16H28N2O/c1-12-10-13(16(2,3)4)15(19-6)14(11-12)18(5)9-7-8-17/h10-11H,7-9,17H2,1-6H3. The fourth-order valence-electron chi connectivity index (χ4n) is 2.26. The van der Waals surface area contributed by atoms with Crippen molar-refractivity contribution in [2.75, 3.05) is 32.1 Å². The van der Waals surface area contributed by atoms with Crippen molar-refractivity contribution in [1.82, 2.24) is 0 Å². The van der Waals surface area contributed by atoms with Gasteiger partial charge in [-0.15, -0.1) is 0 Å². The number of nitrogens with two attached hydrogens (primary N) is 1. The topological polar surface area (TPSA) is 38.5 Å². The maximum atomic E-state index is 5.69. The molecule has 3 nitrogen and oxygen atoms in total. The Morgan fingerprint density at radius 1 is 1.26 bits per heavy atom. The average Bonchev–Trinajstić information content (AvgIpc) is 2.33. The van der Waals surface area contributed by atoms with Gasteiger partial charge in [0.1, 0.15) is 5.75 Å². The van der Waals surface area contributed by atoms with Gasteiger partial charge in [0.2, 0.25) is 0 Å². The van der Waals surface area contributed by atoms with E-state index < -0.39 is 0 Å². The van der Waals surface area contributed by atoms with Crippen molar-refractivity contribution < 1.29 is 4.74 Å². The molecule has 0 spiro atoms. The molecule has 0 bridgehead atoms. The minimum Gasteiger partial charge on any atom is -0.494 e. The van der Waals surface area contributed by atoms with Crippen molar-refractivity contribution in [3.05, 3.63) is 23.3 Å². The number of aryl methyl sites for hydroxylation is 1. The van der Waals surface area contributed by atoms with Gasteiger partial charge in [-0.1, -0.05) is 26.8 Å². The van der Waals surface area contributed by atoms with E-state index in [-0.39, 0.29) is 5.41 Å². The zero-order valence-corrected chi connectivity index (χ0v) is 13.2. The third-order valence-corrected chi connectivity index (χ3v) is 3.33. The van der Waals surface area contributed by atoms with Gasteiger partial charge < -0.3 is 15.4 Å². The molecule has 0 aliphatic rings. The van der Waals surface area contributed by atoms with E-state index in [2.05, 4.69) is 51.8 Å². The molecule has 0 atom stereocenters. The molecule has 0 unspecified atom stereocenters. The second kappa shape index (κ2) is 6.29. The maximum absolute atomic E-state index is 5.69. The zero-order valence-electron chi connectivity index (χ0n) is 13.2. The molecule has 1 rings (SSSR count). The Hall–Kier alpha value is -1.22. The van der Waals surface area contributed by atoms with Crippen LogP contribution in [0, 0.1) is 6.92 Å². The largest absolute Gasteiger partial charge is 0.494 e. The predicted molar refractivity (Wildman–Crippen MR) is 83.4 cm³/mol. The number of anilines is 1. The van der Waals surface area contributed by atoms with Crippen LogP contribution in [0.4, 0.5) is 5.69 Å². The number of hydrogen-bond donors (Lipinski definition) is 1. The fraction of sp³-hybridized carbons (Fsp3) is 0.625. The third kappa shape index (κ3) is 3.87. The van der Waals surface area contributed by atoms with Gasteiger partial charge in [0.05, 0.1) is 12.8 Å². The lowest BCUT2D eigenvalue weighted by atomic mass is 9.85. The van der Waals surface area contributed by atoms with Crippen LogP contribution in [-0.2, 0) is 5.41 Å². The molecule has 2 N–H and O–H groups in total. The summed E-state index contributed by atoms with van der Waals surface area (Å²) >= 11 is 0. The van der Waals surface area contributed by atoms with Gasteiger partial charge in [0.25, 0.3) is 0 Å². The van der Waals surface area contributed by atoms with Crippen LogP contribution < -0.4 is 15.4 Å². The molecule has 0 aliphatic heterocycles. The van der Waals surface area contributed by atoms with Crippen LogP contribution in [0.15, 0.2) is 12.1 Å². The lowest BCUT2D eigenvalue weighted by Gasteiger charge is -2.28. The highest BCUT2D eigenvalue weighted by molar-refractivity contribution is 5.64. The molecule has 0 saturated heterocycles. The van der Waals surface area contributed by atoms with Gasteiger partial charge in [-0.3, -0.25) is 0 Å². The summed E-state index contributed by atoms with van der Waals surface area (Å²) in [5, 5.41) is 0. The molecule has 1 aromatic carbocycles. The molecule has 0 radical (unpaired) electrons. The number of rotatable bonds is 5. The summed E-state index contributed by atoms with van der Waals surface area (Å²) in [4.78, 5) is 2.23. The molecule has 3 heteroatoms. The molecule has 0 amide bonds. The van der Waals surface area contributed by atoms with Gasteiger partial charge in [0.15, 0.2) is 0 Å². The number of methoxy groups -OCH3 is 1. The molecule has 108 valence electrons. The Kier molecular flexibility index (Phi) is 5.24. The summed E-state index contributed by atoms with van der Waals surface area (Å²) in [6, 6.07) is 4.41. The quantitative estimate of drug-likeness (QED) is 0.888. The van der Waals surface area contributed by atoms with Gasteiger partial charge in [-0.05, 0) is 36.9 Å². The molecule has 19 heavy (non-hydrogen) atoms. The third-order valence-electron chi connectivity index (χ3n) is 3.33. The average molecular weight is 264 g/mol. The highest BCUT2D eigenvalue weighted by Gasteiger charge is 2.23. The molecule has 0 aromatic heterocycles. The Bertz CT molecular complexity index is 421. The SMILES string of the molecule is COc1c(N(C)CCCN)cc(C)cc1C(C)(C)C. The lowest BCUT2D eigenvalue weighted by Crippen LogP contribution is -2.23. The van der Waals surface area contributed by atoms with Crippen LogP contribution in [-0.4, -0.2) is 27.2 Å². The van der Waals surface area contributed by atoms with Crippen molar-refractivity contribution in [2.45, 2.75) is 39.5 Å². The van der Waals surface area contributed by atoms with E-state index in [4.69, 9.17) is 10.5 Å². The van der Waals surface area contributed by atoms with Crippen molar-refractivity contribution in [1.29, 1.82) is 0 Å². The Balaban J connectivity index is 3.27. The van der Waals surface area contributed by atoms with Gasteiger partial charge in [-0.2, -0.15) is 0 Å². The van der Waals surface area contributed by atoms with Crippen LogP contribution in [0.3, 0.4) is 0 Å². The van der Waals surface area contributed by atoms with E-state index in [1.807, 2.05) is 0 Å². The first-order valence-electron chi connectivity index (χ1n) is 6.91. The first-order valence-corrected chi connectivity index (χ1v) is 6.91. The summed E-state index contributed by atoms with van der Waals surface area (Å²) in [6.45, 7) is 10.4. The molecular weight excluding hydrogens is 236 g/mol. The van der Waals surface area contributed by atoms with Crippen LogP contribution in [0.1, 0.15) is 38.3 Å². The lowest BCUT2D eigenvalue weighted by molar-refractivity contribution is 0.397. The van der Waals surface area contributed by atoms with Crippen LogP contribution in [0.5, 0.6) is 5.75 Å². The highest BCUT2D eigenvalue weighted by atomic mass is 16.5. The Labute approximate surface area is 117 Å². The normalized spacial score (nSPS) is 11.5. The summed E-state index contributed by atoms with van der Waals surface area (Å²) in [5.74, 6) is 0.984. The Morgan fingerprint density at radius 2 is 1.89 bits per heavy atom. The van der Waals surface area contributed by atoms with Crippen LogP contribution in [0.2, 0.25) is 0 Å². The second-order valence-electron chi connectivity index (χ2n) is 6.18. The predicted octanol–water partition coefficient (Wildman–Crippen LogP) is 3.09. The molecule has 1 aromatic rings. The van der Waals surface area contributed by atoms with E-state index >= 15 is 0 Å². The van der Waals surface area contributed by atoms with Crippen LogP contribution >= 0.6 is 0 Å². The van der Waals surface area contributed by atoms with Crippen molar-refractivity contribution in [3.63, 3.8) is 0 Å². The van der Waals surface area contributed by atoms with Gasteiger partial charge in [0, 0.05) is 19.2 Å². The summed E-state index contributed by atoms with van der Waals surface area (Å²) in [5.41, 5.74) is 9.34. The fourth-order valence-corrected chi connectivity index (χ4v) is 2.26. The van der Waals surface area contributed by atoms with Gasteiger partial charge >= 0.3 is 0 Å². The maximum Gasteiger partial charge on any atom is 0.145 e. The van der Waals surface area contributed by atoms with Gasteiger partial charge in [-0.25, -0.2) is 0 Å². The van der Waals surface area contributed by atoms with E-state index in [9.17, 15) is 0 Å². The van der Waals surface area contributed by atoms with Crippen molar-refractivity contribution in [2.24, 2.45) is 5.73 Å².